The monoisotopic (exact) mass is 280 g/mol. The molecule has 0 saturated carbocycles. The molecule has 0 aliphatic carbocycles. The number of carbonyl (C=O) groups is 1. The lowest BCUT2D eigenvalue weighted by Crippen LogP contribution is -2.00. The van der Waals surface area contributed by atoms with Crippen LogP contribution in [0, 0.1) is 20.8 Å². The minimum absolute atomic E-state index is 0.0148. The van der Waals surface area contributed by atoms with E-state index in [1.807, 2.05) is 18.3 Å². The number of aryl methyl sites for hydroxylation is 3. The van der Waals surface area contributed by atoms with E-state index in [1.165, 1.54) is 23.6 Å². The molecular formula is C18H20N2O. The van der Waals surface area contributed by atoms with Crippen molar-refractivity contribution >= 4 is 17.7 Å². The summed E-state index contributed by atoms with van der Waals surface area (Å²) in [6, 6.07) is 9.77. The number of Topliss-reactive ketones (excluding diaryl/α,β-unsaturated/α-hetero) is 1. The van der Waals surface area contributed by atoms with Crippen LogP contribution in [0.5, 0.6) is 0 Å². The standard InChI is InChI=1S/C18H20N2O/c1-12-10-13(2)18(14(3)11-12)19-9-8-16-6-5-7-17(20-16)15(4)21/h5-7,9-11H,8H2,1-4H3. The van der Waals surface area contributed by atoms with Crippen molar-refractivity contribution in [3.05, 3.63) is 58.4 Å². The van der Waals surface area contributed by atoms with E-state index in [4.69, 9.17) is 0 Å². The Hall–Kier alpha value is -2.29. The maximum atomic E-state index is 11.3. The van der Waals surface area contributed by atoms with Gasteiger partial charge in [0.05, 0.1) is 5.69 Å². The highest BCUT2D eigenvalue weighted by atomic mass is 16.1. The Morgan fingerprint density at radius 3 is 2.48 bits per heavy atom. The Labute approximate surface area is 125 Å². The van der Waals surface area contributed by atoms with Gasteiger partial charge >= 0.3 is 0 Å². The van der Waals surface area contributed by atoms with Crippen molar-refractivity contribution in [2.24, 2.45) is 4.99 Å². The van der Waals surface area contributed by atoms with Crippen LogP contribution in [0.3, 0.4) is 0 Å². The van der Waals surface area contributed by atoms with E-state index in [0.717, 1.165) is 11.4 Å². The minimum Gasteiger partial charge on any atom is -0.293 e. The predicted octanol–water partition coefficient (Wildman–Crippen LogP) is 4.15. The smallest absolute Gasteiger partial charge is 0.178 e. The third-order valence-corrected chi connectivity index (χ3v) is 3.32. The summed E-state index contributed by atoms with van der Waals surface area (Å²) in [5.41, 5.74) is 5.98. The molecule has 0 unspecified atom stereocenters. The molecule has 21 heavy (non-hydrogen) atoms. The zero-order valence-electron chi connectivity index (χ0n) is 13.0. The second kappa shape index (κ2) is 6.44. The number of hydrogen-bond acceptors (Lipinski definition) is 3. The summed E-state index contributed by atoms with van der Waals surface area (Å²) in [5, 5.41) is 0. The third kappa shape index (κ3) is 3.85. The number of rotatable bonds is 4. The zero-order chi connectivity index (χ0) is 15.4. The van der Waals surface area contributed by atoms with E-state index in [0.29, 0.717) is 12.1 Å². The third-order valence-electron chi connectivity index (χ3n) is 3.32. The van der Waals surface area contributed by atoms with E-state index >= 15 is 0 Å². The lowest BCUT2D eigenvalue weighted by atomic mass is 10.1. The van der Waals surface area contributed by atoms with Gasteiger partial charge in [-0.25, -0.2) is 4.98 Å². The quantitative estimate of drug-likeness (QED) is 0.623. The first-order chi connectivity index (χ1) is 9.97. The van der Waals surface area contributed by atoms with Crippen molar-refractivity contribution in [1.82, 2.24) is 4.98 Å². The number of carbonyl (C=O) groups excluding carboxylic acids is 1. The number of pyridine rings is 1. The number of benzene rings is 1. The second-order valence-corrected chi connectivity index (χ2v) is 5.33. The Balaban J connectivity index is 2.16. The highest BCUT2D eigenvalue weighted by Gasteiger charge is 2.03. The lowest BCUT2D eigenvalue weighted by Gasteiger charge is -2.06. The van der Waals surface area contributed by atoms with Crippen LogP contribution in [0.25, 0.3) is 0 Å². The number of hydrogen-bond donors (Lipinski definition) is 0. The fourth-order valence-electron chi connectivity index (χ4n) is 2.40. The summed E-state index contributed by atoms with van der Waals surface area (Å²) in [5.74, 6) is -0.0148. The maximum Gasteiger partial charge on any atom is 0.178 e. The molecule has 0 radical (unpaired) electrons. The average Bonchev–Trinajstić information content (AvgIpc) is 2.42. The summed E-state index contributed by atoms with van der Waals surface area (Å²) in [6.07, 6.45) is 2.48. The molecule has 108 valence electrons. The van der Waals surface area contributed by atoms with Crippen molar-refractivity contribution in [3.8, 4) is 0 Å². The molecule has 2 rings (SSSR count). The van der Waals surface area contributed by atoms with Crippen LogP contribution in [-0.2, 0) is 6.42 Å². The normalized spacial score (nSPS) is 11.0. The molecular weight excluding hydrogens is 260 g/mol. The van der Waals surface area contributed by atoms with Gasteiger partial charge in [-0.1, -0.05) is 23.8 Å². The van der Waals surface area contributed by atoms with E-state index in [9.17, 15) is 4.79 Å². The highest BCUT2D eigenvalue weighted by Crippen LogP contribution is 2.24. The van der Waals surface area contributed by atoms with Crippen molar-refractivity contribution < 1.29 is 4.79 Å². The number of aliphatic imine (C=N–C) groups is 1. The van der Waals surface area contributed by atoms with Crippen molar-refractivity contribution in [1.29, 1.82) is 0 Å². The molecule has 1 aromatic carbocycles. The summed E-state index contributed by atoms with van der Waals surface area (Å²) >= 11 is 0. The molecule has 1 aromatic heterocycles. The van der Waals surface area contributed by atoms with E-state index in [2.05, 4.69) is 42.9 Å². The van der Waals surface area contributed by atoms with Crippen molar-refractivity contribution in [3.63, 3.8) is 0 Å². The first-order valence-corrected chi connectivity index (χ1v) is 7.04. The van der Waals surface area contributed by atoms with Gasteiger partial charge in [0.25, 0.3) is 0 Å². The maximum absolute atomic E-state index is 11.3. The van der Waals surface area contributed by atoms with E-state index < -0.39 is 0 Å². The topological polar surface area (TPSA) is 42.3 Å². The molecule has 0 spiro atoms. The van der Waals surface area contributed by atoms with Gasteiger partial charge in [-0.05, 0) is 44.0 Å². The summed E-state index contributed by atoms with van der Waals surface area (Å²) in [6.45, 7) is 7.76. The Bertz CT molecular complexity index is 679. The lowest BCUT2D eigenvalue weighted by molar-refractivity contribution is 0.101. The molecule has 0 amide bonds. The molecule has 0 N–H and O–H groups in total. The van der Waals surface area contributed by atoms with Crippen LogP contribution in [0.15, 0.2) is 35.3 Å². The molecule has 3 nitrogen and oxygen atoms in total. The van der Waals surface area contributed by atoms with Crippen molar-refractivity contribution in [2.45, 2.75) is 34.1 Å². The fraction of sp³-hybridized carbons (Fsp3) is 0.278. The predicted molar refractivity (Wildman–Crippen MR) is 86.8 cm³/mol. The van der Waals surface area contributed by atoms with Gasteiger partial charge in [0.1, 0.15) is 5.69 Å². The molecule has 1 heterocycles. The molecule has 0 saturated heterocycles. The van der Waals surface area contributed by atoms with Crippen LogP contribution in [0.2, 0.25) is 0 Å². The molecule has 0 aliphatic rings. The van der Waals surface area contributed by atoms with Gasteiger partial charge in [-0.15, -0.1) is 0 Å². The first-order valence-electron chi connectivity index (χ1n) is 7.04. The number of aromatic nitrogens is 1. The molecule has 0 aliphatic heterocycles. The SMILES string of the molecule is CC(=O)c1cccc(CC=Nc2c(C)cc(C)cc2C)n1. The fourth-order valence-corrected chi connectivity index (χ4v) is 2.40. The Kier molecular flexibility index (Phi) is 4.63. The van der Waals surface area contributed by atoms with Gasteiger partial charge in [0.15, 0.2) is 5.78 Å². The first kappa shape index (κ1) is 15.1. The largest absolute Gasteiger partial charge is 0.293 e. The second-order valence-electron chi connectivity index (χ2n) is 5.33. The van der Waals surface area contributed by atoms with E-state index in [1.54, 1.807) is 6.07 Å². The minimum atomic E-state index is -0.0148. The van der Waals surface area contributed by atoms with Gasteiger partial charge in [0, 0.05) is 25.3 Å². The van der Waals surface area contributed by atoms with Gasteiger partial charge in [-0.3, -0.25) is 9.79 Å². The van der Waals surface area contributed by atoms with Crippen molar-refractivity contribution in [2.75, 3.05) is 0 Å². The van der Waals surface area contributed by atoms with Gasteiger partial charge in [-0.2, -0.15) is 0 Å². The molecule has 2 aromatic rings. The summed E-state index contributed by atoms with van der Waals surface area (Å²) in [4.78, 5) is 20.2. The van der Waals surface area contributed by atoms with Gasteiger partial charge in [0.2, 0.25) is 0 Å². The zero-order valence-corrected chi connectivity index (χ0v) is 13.0. The Morgan fingerprint density at radius 1 is 1.19 bits per heavy atom. The van der Waals surface area contributed by atoms with Crippen LogP contribution in [0.1, 0.15) is 39.8 Å². The van der Waals surface area contributed by atoms with Crippen LogP contribution >= 0.6 is 0 Å². The average molecular weight is 280 g/mol. The number of ketones is 1. The molecule has 0 fully saturated rings. The number of nitrogens with zero attached hydrogens (tertiary/aromatic N) is 2. The van der Waals surface area contributed by atoms with E-state index in [-0.39, 0.29) is 5.78 Å². The summed E-state index contributed by atoms with van der Waals surface area (Å²) in [7, 11) is 0. The van der Waals surface area contributed by atoms with Crippen LogP contribution in [0.4, 0.5) is 5.69 Å². The molecule has 0 atom stereocenters. The Morgan fingerprint density at radius 2 is 1.86 bits per heavy atom. The summed E-state index contributed by atoms with van der Waals surface area (Å²) < 4.78 is 0. The highest BCUT2D eigenvalue weighted by molar-refractivity contribution is 5.92. The van der Waals surface area contributed by atoms with Crippen LogP contribution in [-0.4, -0.2) is 17.0 Å². The van der Waals surface area contributed by atoms with Crippen LogP contribution < -0.4 is 0 Å². The molecule has 3 heteroatoms. The van der Waals surface area contributed by atoms with Gasteiger partial charge < -0.3 is 0 Å². The molecule has 0 bridgehead atoms.